The van der Waals surface area contributed by atoms with Crippen LogP contribution in [0.25, 0.3) is 10.8 Å². The van der Waals surface area contributed by atoms with Crippen molar-refractivity contribution >= 4 is 34.0 Å². The lowest BCUT2D eigenvalue weighted by atomic mass is 10.1. The molecule has 1 fully saturated rings. The second-order valence-corrected chi connectivity index (χ2v) is 6.94. The third-order valence-electron chi connectivity index (χ3n) is 5.17. The van der Waals surface area contributed by atoms with E-state index in [1.165, 1.54) is 0 Å². The van der Waals surface area contributed by atoms with Crippen LogP contribution in [0, 0.1) is 0 Å². The predicted octanol–water partition coefficient (Wildman–Crippen LogP) is 4.63. The number of amides is 2. The van der Waals surface area contributed by atoms with Crippen LogP contribution in [0.4, 0.5) is 11.4 Å². The Kier molecular flexibility index (Phi) is 4.63. The monoisotopic (exact) mass is 358 g/mol. The highest BCUT2D eigenvalue weighted by atomic mass is 16.2. The van der Waals surface area contributed by atoms with Crippen molar-refractivity contribution in [2.75, 3.05) is 23.4 Å². The maximum Gasteiger partial charge on any atom is 0.258 e. The Balaban J connectivity index is 1.55. The van der Waals surface area contributed by atoms with Gasteiger partial charge in [0.05, 0.1) is 0 Å². The molecule has 4 heteroatoms. The summed E-state index contributed by atoms with van der Waals surface area (Å²) in [6.07, 6.45) is 2.59. The van der Waals surface area contributed by atoms with Gasteiger partial charge in [0.1, 0.15) is 0 Å². The molecular formula is C23H22N2O2. The summed E-state index contributed by atoms with van der Waals surface area (Å²) in [5.41, 5.74) is 2.33. The molecule has 0 aliphatic carbocycles. The van der Waals surface area contributed by atoms with Crippen molar-refractivity contribution < 1.29 is 9.59 Å². The fraction of sp³-hybridized carbons (Fsp3) is 0.217. The van der Waals surface area contributed by atoms with E-state index in [0.717, 1.165) is 41.5 Å². The van der Waals surface area contributed by atoms with Crippen LogP contribution in [0.15, 0.2) is 66.7 Å². The molecular weight excluding hydrogens is 336 g/mol. The first kappa shape index (κ1) is 17.3. The molecule has 1 aliphatic heterocycles. The maximum absolute atomic E-state index is 12.9. The number of rotatable bonds is 3. The van der Waals surface area contributed by atoms with Crippen LogP contribution in [0.5, 0.6) is 0 Å². The molecule has 4 nitrogen and oxygen atoms in total. The summed E-state index contributed by atoms with van der Waals surface area (Å²) in [4.78, 5) is 28.4. The smallest absolute Gasteiger partial charge is 0.258 e. The van der Waals surface area contributed by atoms with Gasteiger partial charge in [-0.1, -0.05) is 30.3 Å². The van der Waals surface area contributed by atoms with Gasteiger partial charge in [0.2, 0.25) is 5.91 Å². The second kappa shape index (κ2) is 7.23. The first-order valence-corrected chi connectivity index (χ1v) is 9.31. The molecule has 3 aromatic carbocycles. The van der Waals surface area contributed by atoms with Crippen LogP contribution in [0.1, 0.15) is 29.6 Å². The number of hydrogen-bond donors (Lipinski definition) is 0. The third-order valence-corrected chi connectivity index (χ3v) is 5.17. The van der Waals surface area contributed by atoms with Gasteiger partial charge < -0.3 is 9.80 Å². The van der Waals surface area contributed by atoms with Crippen LogP contribution in [-0.2, 0) is 4.79 Å². The molecule has 0 radical (unpaired) electrons. The molecule has 27 heavy (non-hydrogen) atoms. The second-order valence-electron chi connectivity index (χ2n) is 6.94. The summed E-state index contributed by atoms with van der Waals surface area (Å²) < 4.78 is 0. The fourth-order valence-corrected chi connectivity index (χ4v) is 3.56. The zero-order chi connectivity index (χ0) is 18.8. The van der Waals surface area contributed by atoms with Crippen molar-refractivity contribution in [2.24, 2.45) is 0 Å². The SMILES string of the molecule is CN(C(=O)c1ccc(N2CCCCC2=O)cc1)c1ccc2ccccc2c1. The largest absolute Gasteiger partial charge is 0.312 e. The van der Waals surface area contributed by atoms with Crippen molar-refractivity contribution in [1.82, 2.24) is 0 Å². The van der Waals surface area contributed by atoms with Crippen molar-refractivity contribution in [3.8, 4) is 0 Å². The Bertz CT molecular complexity index is 995. The van der Waals surface area contributed by atoms with Gasteiger partial charge in [-0.25, -0.2) is 0 Å². The molecule has 1 heterocycles. The van der Waals surface area contributed by atoms with Gasteiger partial charge in [0.25, 0.3) is 5.91 Å². The molecule has 3 aromatic rings. The number of fused-ring (bicyclic) bond motifs is 1. The minimum absolute atomic E-state index is 0.0678. The fourth-order valence-electron chi connectivity index (χ4n) is 3.56. The quantitative estimate of drug-likeness (QED) is 0.685. The van der Waals surface area contributed by atoms with Crippen molar-refractivity contribution in [3.63, 3.8) is 0 Å². The Morgan fingerprint density at radius 3 is 2.41 bits per heavy atom. The van der Waals surface area contributed by atoms with Gasteiger partial charge in [-0.2, -0.15) is 0 Å². The lowest BCUT2D eigenvalue weighted by Gasteiger charge is -2.27. The highest BCUT2D eigenvalue weighted by Crippen LogP contribution is 2.24. The zero-order valence-electron chi connectivity index (χ0n) is 15.4. The minimum Gasteiger partial charge on any atom is -0.312 e. The Morgan fingerprint density at radius 2 is 1.67 bits per heavy atom. The molecule has 0 unspecified atom stereocenters. The van der Waals surface area contributed by atoms with E-state index >= 15 is 0 Å². The Hall–Kier alpha value is -3.14. The number of anilines is 2. The van der Waals surface area contributed by atoms with E-state index in [1.54, 1.807) is 24.1 Å². The Morgan fingerprint density at radius 1 is 0.926 bits per heavy atom. The van der Waals surface area contributed by atoms with Crippen LogP contribution < -0.4 is 9.80 Å². The summed E-state index contributed by atoms with van der Waals surface area (Å²) in [5, 5.41) is 2.26. The minimum atomic E-state index is -0.0678. The number of nitrogens with zero attached hydrogens (tertiary/aromatic N) is 2. The van der Waals surface area contributed by atoms with Crippen LogP contribution in [-0.4, -0.2) is 25.4 Å². The van der Waals surface area contributed by atoms with E-state index in [9.17, 15) is 9.59 Å². The van der Waals surface area contributed by atoms with Crippen molar-refractivity contribution in [2.45, 2.75) is 19.3 Å². The molecule has 0 bridgehead atoms. The van der Waals surface area contributed by atoms with Crippen molar-refractivity contribution in [3.05, 3.63) is 72.3 Å². The number of carbonyl (C=O) groups excluding carboxylic acids is 2. The summed E-state index contributed by atoms with van der Waals surface area (Å²) in [7, 11) is 1.79. The highest BCUT2D eigenvalue weighted by molar-refractivity contribution is 6.07. The van der Waals surface area contributed by atoms with Crippen LogP contribution in [0.3, 0.4) is 0 Å². The lowest BCUT2D eigenvalue weighted by Crippen LogP contribution is -2.35. The molecule has 0 aromatic heterocycles. The highest BCUT2D eigenvalue weighted by Gasteiger charge is 2.20. The summed E-state index contributed by atoms with van der Waals surface area (Å²) in [5.74, 6) is 0.0930. The number of benzene rings is 3. The van der Waals surface area contributed by atoms with Gasteiger partial charge in [-0.15, -0.1) is 0 Å². The number of piperidine rings is 1. The summed E-state index contributed by atoms with van der Waals surface area (Å²) in [6.45, 7) is 0.753. The molecule has 4 rings (SSSR count). The molecule has 2 amide bonds. The Labute approximate surface area is 159 Å². The van der Waals surface area contributed by atoms with E-state index in [0.29, 0.717) is 12.0 Å². The van der Waals surface area contributed by atoms with Gasteiger partial charge in [0, 0.05) is 37.0 Å². The van der Waals surface area contributed by atoms with E-state index in [4.69, 9.17) is 0 Å². The molecule has 0 saturated carbocycles. The van der Waals surface area contributed by atoms with Gasteiger partial charge in [-0.3, -0.25) is 9.59 Å². The van der Waals surface area contributed by atoms with Gasteiger partial charge in [-0.05, 0) is 60.0 Å². The standard InChI is InChI=1S/C23H22N2O2/c1-24(21-14-9-17-6-2-3-7-19(17)16-21)23(27)18-10-12-20(13-11-18)25-15-5-4-8-22(25)26/h2-3,6-7,9-14,16H,4-5,8,15H2,1H3. The summed E-state index contributed by atoms with van der Waals surface area (Å²) in [6, 6.07) is 21.4. The molecule has 0 atom stereocenters. The first-order valence-electron chi connectivity index (χ1n) is 9.31. The predicted molar refractivity (Wildman–Crippen MR) is 109 cm³/mol. The third kappa shape index (κ3) is 3.43. The van der Waals surface area contributed by atoms with Crippen molar-refractivity contribution in [1.29, 1.82) is 0 Å². The maximum atomic E-state index is 12.9. The van der Waals surface area contributed by atoms with Gasteiger partial charge in [0.15, 0.2) is 0 Å². The number of carbonyl (C=O) groups is 2. The average Bonchev–Trinajstić information content (AvgIpc) is 2.73. The van der Waals surface area contributed by atoms with Gasteiger partial charge >= 0.3 is 0 Å². The molecule has 1 aliphatic rings. The zero-order valence-corrected chi connectivity index (χ0v) is 15.4. The van der Waals surface area contributed by atoms with E-state index in [2.05, 4.69) is 6.07 Å². The average molecular weight is 358 g/mol. The number of hydrogen-bond acceptors (Lipinski definition) is 2. The topological polar surface area (TPSA) is 40.6 Å². The molecule has 1 saturated heterocycles. The van der Waals surface area contributed by atoms with E-state index < -0.39 is 0 Å². The normalized spacial score (nSPS) is 14.4. The summed E-state index contributed by atoms with van der Waals surface area (Å²) >= 11 is 0. The molecule has 136 valence electrons. The van der Waals surface area contributed by atoms with E-state index in [1.807, 2.05) is 53.4 Å². The molecule has 0 N–H and O–H groups in total. The van der Waals surface area contributed by atoms with Crippen LogP contribution >= 0.6 is 0 Å². The lowest BCUT2D eigenvalue weighted by molar-refractivity contribution is -0.119. The van der Waals surface area contributed by atoms with E-state index in [-0.39, 0.29) is 11.8 Å². The first-order chi connectivity index (χ1) is 13.1. The molecule has 0 spiro atoms. The van der Waals surface area contributed by atoms with Crippen LogP contribution in [0.2, 0.25) is 0 Å².